The van der Waals surface area contributed by atoms with Gasteiger partial charge in [-0.3, -0.25) is 4.79 Å². The third-order valence-electron chi connectivity index (χ3n) is 4.30. The molecule has 2 atom stereocenters. The van der Waals surface area contributed by atoms with Crippen molar-refractivity contribution in [2.24, 2.45) is 0 Å². The Hall–Kier alpha value is -3.32. The molecule has 0 aliphatic carbocycles. The molecular weight excluding hydrogens is 324 g/mol. The highest BCUT2D eigenvalue weighted by Gasteiger charge is 2.18. The van der Waals surface area contributed by atoms with E-state index in [1.54, 1.807) is 31.2 Å². The number of nitrogens with zero attached hydrogens (tertiary/aromatic N) is 1. The molecule has 4 nitrogen and oxygen atoms in total. The van der Waals surface area contributed by atoms with Gasteiger partial charge in [0.15, 0.2) is 6.10 Å². The number of hydrogen-bond acceptors (Lipinski definition) is 3. The Kier molecular flexibility index (Phi) is 5.19. The summed E-state index contributed by atoms with van der Waals surface area (Å²) in [4.78, 5) is 12.4. The Morgan fingerprint density at radius 1 is 1.00 bits per heavy atom. The van der Waals surface area contributed by atoms with Gasteiger partial charge < -0.3 is 10.1 Å². The largest absolute Gasteiger partial charge is 0.481 e. The Bertz CT molecular complexity index is 958. The monoisotopic (exact) mass is 344 g/mol. The summed E-state index contributed by atoms with van der Waals surface area (Å²) in [6, 6.07) is 22.9. The van der Waals surface area contributed by atoms with E-state index in [1.165, 1.54) is 5.39 Å². The summed E-state index contributed by atoms with van der Waals surface area (Å²) >= 11 is 0. The molecule has 0 heterocycles. The van der Waals surface area contributed by atoms with Gasteiger partial charge in [0.2, 0.25) is 0 Å². The maximum absolute atomic E-state index is 12.4. The summed E-state index contributed by atoms with van der Waals surface area (Å²) in [6.07, 6.45) is -0.633. The first kappa shape index (κ1) is 17.5. The normalized spacial score (nSPS) is 12.8. The Morgan fingerprint density at radius 2 is 1.69 bits per heavy atom. The highest BCUT2D eigenvalue weighted by atomic mass is 16.5. The molecule has 3 aromatic carbocycles. The lowest BCUT2D eigenvalue weighted by atomic mass is 10.0. The van der Waals surface area contributed by atoms with Crippen LogP contribution in [0.5, 0.6) is 5.75 Å². The smallest absolute Gasteiger partial charge is 0.261 e. The van der Waals surface area contributed by atoms with E-state index in [4.69, 9.17) is 10.00 Å². The highest BCUT2D eigenvalue weighted by molar-refractivity contribution is 5.84. The third kappa shape index (κ3) is 4.01. The maximum atomic E-state index is 12.4. The average molecular weight is 344 g/mol. The van der Waals surface area contributed by atoms with Gasteiger partial charge in [0.1, 0.15) is 5.75 Å². The highest BCUT2D eigenvalue weighted by Crippen LogP contribution is 2.20. The van der Waals surface area contributed by atoms with Crippen LogP contribution in [0.4, 0.5) is 0 Å². The maximum Gasteiger partial charge on any atom is 0.261 e. The van der Waals surface area contributed by atoms with Crippen molar-refractivity contribution < 1.29 is 9.53 Å². The van der Waals surface area contributed by atoms with Crippen LogP contribution in [0, 0.1) is 11.3 Å². The molecular formula is C22H20N2O2. The zero-order chi connectivity index (χ0) is 18.5. The van der Waals surface area contributed by atoms with Crippen molar-refractivity contribution in [2.75, 3.05) is 0 Å². The summed E-state index contributed by atoms with van der Waals surface area (Å²) in [5, 5.41) is 14.1. The first-order valence-electron chi connectivity index (χ1n) is 8.53. The van der Waals surface area contributed by atoms with Gasteiger partial charge in [0.05, 0.1) is 17.7 Å². The fourth-order valence-corrected chi connectivity index (χ4v) is 2.76. The lowest BCUT2D eigenvalue weighted by molar-refractivity contribution is -0.127. The molecule has 3 rings (SSSR count). The van der Waals surface area contributed by atoms with E-state index in [-0.39, 0.29) is 11.9 Å². The Balaban J connectivity index is 1.64. The van der Waals surface area contributed by atoms with E-state index in [9.17, 15) is 4.79 Å². The topological polar surface area (TPSA) is 62.1 Å². The van der Waals surface area contributed by atoms with Crippen LogP contribution in [-0.4, -0.2) is 12.0 Å². The molecule has 26 heavy (non-hydrogen) atoms. The number of hydrogen-bond donors (Lipinski definition) is 1. The van der Waals surface area contributed by atoms with Crippen molar-refractivity contribution in [1.82, 2.24) is 5.32 Å². The Labute approximate surface area is 153 Å². The molecule has 1 N–H and O–H groups in total. The fourth-order valence-electron chi connectivity index (χ4n) is 2.76. The van der Waals surface area contributed by atoms with E-state index in [1.807, 2.05) is 25.1 Å². The number of fused-ring (bicyclic) bond motifs is 1. The van der Waals surface area contributed by atoms with Crippen LogP contribution in [-0.2, 0) is 4.79 Å². The van der Waals surface area contributed by atoms with Gasteiger partial charge in [-0.05, 0) is 60.5 Å². The zero-order valence-corrected chi connectivity index (χ0v) is 14.8. The number of rotatable bonds is 5. The molecule has 0 radical (unpaired) electrons. The summed E-state index contributed by atoms with van der Waals surface area (Å²) in [7, 11) is 0. The molecule has 1 amide bonds. The lowest BCUT2D eigenvalue weighted by Crippen LogP contribution is -2.37. The summed E-state index contributed by atoms with van der Waals surface area (Å²) in [5.41, 5.74) is 1.60. The van der Waals surface area contributed by atoms with Crippen LogP contribution in [0.15, 0.2) is 66.7 Å². The molecule has 0 saturated heterocycles. The first-order chi connectivity index (χ1) is 12.6. The SMILES string of the molecule is C[C@H](NC(=O)[C@@H](C)Oc1ccc(C#N)cc1)c1ccc2ccccc2c1. The predicted molar refractivity (Wildman–Crippen MR) is 102 cm³/mol. The van der Waals surface area contributed by atoms with E-state index in [0.717, 1.165) is 10.9 Å². The second-order valence-corrected chi connectivity index (χ2v) is 6.23. The molecule has 0 aliphatic heterocycles. The van der Waals surface area contributed by atoms with Crippen molar-refractivity contribution in [3.8, 4) is 11.8 Å². The van der Waals surface area contributed by atoms with E-state index in [2.05, 4.69) is 35.7 Å². The number of nitriles is 1. The summed E-state index contributed by atoms with van der Waals surface area (Å²) < 4.78 is 5.66. The van der Waals surface area contributed by atoms with Crippen LogP contribution >= 0.6 is 0 Å². The van der Waals surface area contributed by atoms with Crippen molar-refractivity contribution >= 4 is 16.7 Å². The summed E-state index contributed by atoms with van der Waals surface area (Å²) in [5.74, 6) is 0.375. The second-order valence-electron chi connectivity index (χ2n) is 6.23. The number of carbonyl (C=O) groups is 1. The van der Waals surface area contributed by atoms with Gasteiger partial charge in [-0.1, -0.05) is 36.4 Å². The molecule has 0 aliphatic rings. The molecule has 3 aromatic rings. The second kappa shape index (κ2) is 7.71. The lowest BCUT2D eigenvalue weighted by Gasteiger charge is -2.19. The van der Waals surface area contributed by atoms with Crippen molar-refractivity contribution in [1.29, 1.82) is 5.26 Å². The van der Waals surface area contributed by atoms with E-state index < -0.39 is 6.10 Å². The average Bonchev–Trinajstić information content (AvgIpc) is 2.68. The van der Waals surface area contributed by atoms with Gasteiger partial charge in [-0.15, -0.1) is 0 Å². The van der Waals surface area contributed by atoms with Gasteiger partial charge >= 0.3 is 0 Å². The molecule has 0 bridgehead atoms. The molecule has 0 aromatic heterocycles. The Morgan fingerprint density at radius 3 is 2.38 bits per heavy atom. The van der Waals surface area contributed by atoms with Crippen LogP contribution in [0.25, 0.3) is 10.8 Å². The molecule has 0 unspecified atom stereocenters. The molecule has 4 heteroatoms. The van der Waals surface area contributed by atoms with Crippen LogP contribution in [0.1, 0.15) is 31.0 Å². The minimum absolute atomic E-state index is 0.126. The van der Waals surface area contributed by atoms with Gasteiger partial charge in [-0.2, -0.15) is 5.26 Å². The standard InChI is InChI=1S/C22H20N2O2/c1-15(19-10-9-18-5-3-4-6-20(18)13-19)24-22(25)16(2)26-21-11-7-17(14-23)8-12-21/h3-13,15-16H,1-2H3,(H,24,25)/t15-,16+/m0/s1. The molecule has 130 valence electrons. The number of ether oxygens (including phenoxy) is 1. The van der Waals surface area contributed by atoms with Gasteiger partial charge in [0.25, 0.3) is 5.91 Å². The van der Waals surface area contributed by atoms with Gasteiger partial charge in [-0.25, -0.2) is 0 Å². The van der Waals surface area contributed by atoms with Crippen LogP contribution < -0.4 is 10.1 Å². The number of amides is 1. The van der Waals surface area contributed by atoms with Crippen molar-refractivity contribution in [3.05, 3.63) is 77.9 Å². The quantitative estimate of drug-likeness (QED) is 0.748. The van der Waals surface area contributed by atoms with Crippen LogP contribution in [0.2, 0.25) is 0 Å². The minimum atomic E-state index is -0.633. The number of carbonyl (C=O) groups excluding carboxylic acids is 1. The van der Waals surface area contributed by atoms with Crippen molar-refractivity contribution in [3.63, 3.8) is 0 Å². The molecule has 0 saturated carbocycles. The molecule has 0 spiro atoms. The fraction of sp³-hybridized carbons (Fsp3) is 0.182. The molecule has 0 fully saturated rings. The minimum Gasteiger partial charge on any atom is -0.481 e. The zero-order valence-electron chi connectivity index (χ0n) is 14.8. The van der Waals surface area contributed by atoms with Crippen molar-refractivity contribution in [2.45, 2.75) is 26.0 Å². The number of nitrogens with one attached hydrogen (secondary N) is 1. The van der Waals surface area contributed by atoms with E-state index >= 15 is 0 Å². The summed E-state index contributed by atoms with van der Waals surface area (Å²) in [6.45, 7) is 3.66. The predicted octanol–water partition coefficient (Wildman–Crippen LogP) is 4.36. The number of benzene rings is 3. The first-order valence-corrected chi connectivity index (χ1v) is 8.53. The van der Waals surface area contributed by atoms with Gasteiger partial charge in [0, 0.05) is 0 Å². The third-order valence-corrected chi connectivity index (χ3v) is 4.30. The van der Waals surface area contributed by atoms with E-state index in [0.29, 0.717) is 11.3 Å². The van der Waals surface area contributed by atoms with Crippen LogP contribution in [0.3, 0.4) is 0 Å².